The van der Waals surface area contributed by atoms with Crippen LogP contribution >= 0.6 is 17.9 Å². The van der Waals surface area contributed by atoms with Crippen molar-refractivity contribution < 1.29 is 9.05 Å². The molecule has 2 aromatic carbocycles. The first-order valence-corrected chi connectivity index (χ1v) is 10.8. The van der Waals surface area contributed by atoms with E-state index in [-0.39, 0.29) is 0 Å². The topological polar surface area (TPSA) is 24.9 Å². The molecule has 0 amide bonds. The fourth-order valence-electron chi connectivity index (χ4n) is 1.90. The van der Waals surface area contributed by atoms with Crippen LogP contribution in [0.2, 0.25) is 0 Å². The maximum atomic E-state index is 5.76. The molecular weight excluding hydrogens is 347 g/mol. The number of benzene rings is 2. The Morgan fingerprint density at radius 1 is 0.739 bits per heavy atom. The number of hydrogen-bond acceptors (Lipinski definition) is 5. The average molecular weight is 368 g/mol. The number of hydrogen-bond donors (Lipinski definition) is 1. The molecule has 0 aliphatic carbocycles. The van der Waals surface area contributed by atoms with Crippen molar-refractivity contribution in [2.24, 2.45) is 0 Å². The fourth-order valence-corrected chi connectivity index (χ4v) is 3.79. The van der Waals surface area contributed by atoms with Crippen molar-refractivity contribution in [3.05, 3.63) is 48.5 Å². The molecule has 0 aliphatic heterocycles. The van der Waals surface area contributed by atoms with Crippen LogP contribution in [-0.4, -0.2) is 28.2 Å². The number of thiol groups is 1. The Balaban J connectivity index is 2.05. The third-order valence-electron chi connectivity index (χ3n) is 3.15. The minimum atomic E-state index is -2.71. The van der Waals surface area contributed by atoms with E-state index in [0.717, 1.165) is 11.4 Å². The molecule has 0 spiro atoms. The Morgan fingerprint density at radius 2 is 1.04 bits per heavy atom. The molecule has 7 heteroatoms. The minimum absolute atomic E-state index is 0.652. The second-order valence-electron chi connectivity index (χ2n) is 5.43. The summed E-state index contributed by atoms with van der Waals surface area (Å²) in [6.07, 6.45) is 0. The second kappa shape index (κ2) is 7.47. The first-order valence-electron chi connectivity index (χ1n) is 7.03. The van der Waals surface area contributed by atoms with Gasteiger partial charge in [0.15, 0.2) is 0 Å². The largest absolute Gasteiger partial charge is 0.428 e. The lowest BCUT2D eigenvalue weighted by Gasteiger charge is -2.20. The highest BCUT2D eigenvalue weighted by molar-refractivity contribution is 8.60. The van der Waals surface area contributed by atoms with Crippen LogP contribution in [-0.2, 0) is 11.8 Å². The van der Waals surface area contributed by atoms with Gasteiger partial charge in [-0.15, -0.1) is 0 Å². The number of rotatable bonds is 6. The highest BCUT2D eigenvalue weighted by Crippen LogP contribution is 2.53. The van der Waals surface area contributed by atoms with Crippen LogP contribution in [0.5, 0.6) is 11.5 Å². The van der Waals surface area contributed by atoms with Crippen LogP contribution in [0.1, 0.15) is 0 Å². The van der Waals surface area contributed by atoms with Crippen LogP contribution in [0.25, 0.3) is 0 Å². The van der Waals surface area contributed by atoms with Crippen LogP contribution < -0.4 is 18.8 Å². The zero-order chi connectivity index (χ0) is 17.0. The van der Waals surface area contributed by atoms with E-state index in [1.807, 2.05) is 86.5 Å². The Morgan fingerprint density at radius 3 is 1.30 bits per heavy atom. The van der Waals surface area contributed by atoms with Crippen LogP contribution in [0, 0.1) is 0 Å². The summed E-state index contributed by atoms with van der Waals surface area (Å²) in [5.74, 6) is 1.30. The molecule has 23 heavy (non-hydrogen) atoms. The predicted molar refractivity (Wildman–Crippen MR) is 106 cm³/mol. The molecule has 0 bridgehead atoms. The minimum Gasteiger partial charge on any atom is -0.428 e. The molecule has 0 unspecified atom stereocenters. The maximum Gasteiger partial charge on any atom is 0.345 e. The van der Waals surface area contributed by atoms with E-state index in [4.69, 9.17) is 20.9 Å². The van der Waals surface area contributed by atoms with Crippen LogP contribution in [0.3, 0.4) is 0 Å². The molecule has 124 valence electrons. The standard InChI is InChI=1S/C16H21N2O2PS2/c1-17(2)13-5-9-15(10-6-13)19-21(22,23)20-16-11-7-14(8-12-16)18(3)4/h5-12H,1-4H3,(H,22,23). The monoisotopic (exact) mass is 368 g/mol. The summed E-state index contributed by atoms with van der Waals surface area (Å²) in [4.78, 5) is 4.03. The van der Waals surface area contributed by atoms with Gasteiger partial charge in [0, 0.05) is 39.6 Å². The molecule has 0 radical (unpaired) electrons. The molecule has 0 N–H and O–H groups in total. The van der Waals surface area contributed by atoms with Crippen molar-refractivity contribution in [3.8, 4) is 11.5 Å². The quantitative estimate of drug-likeness (QED) is 0.601. The van der Waals surface area contributed by atoms with Gasteiger partial charge in [0.2, 0.25) is 0 Å². The number of nitrogens with zero attached hydrogens (tertiary/aromatic N) is 2. The van der Waals surface area contributed by atoms with E-state index in [2.05, 4.69) is 12.2 Å². The molecule has 4 nitrogen and oxygen atoms in total. The summed E-state index contributed by atoms with van der Waals surface area (Å²) in [6, 6.07) is 15.3. The number of anilines is 2. The molecule has 0 aromatic heterocycles. The lowest BCUT2D eigenvalue weighted by Crippen LogP contribution is -2.08. The van der Waals surface area contributed by atoms with Gasteiger partial charge < -0.3 is 18.8 Å². The molecule has 2 aromatic rings. The SMILES string of the molecule is CN(C)c1ccc(OP(=S)(S)Oc2ccc(N(C)C)cc2)cc1. The molecule has 0 heterocycles. The van der Waals surface area contributed by atoms with E-state index in [0.29, 0.717) is 11.5 Å². The van der Waals surface area contributed by atoms with Gasteiger partial charge in [0.05, 0.1) is 0 Å². The molecule has 0 aliphatic rings. The Bertz CT molecular complexity index is 631. The molecular formula is C16H21N2O2PS2. The highest BCUT2D eigenvalue weighted by atomic mass is 32.9. The summed E-state index contributed by atoms with van der Waals surface area (Å²) >= 11 is 9.79. The van der Waals surface area contributed by atoms with Crippen molar-refractivity contribution in [2.75, 3.05) is 38.0 Å². The smallest absolute Gasteiger partial charge is 0.345 e. The van der Waals surface area contributed by atoms with Crippen molar-refractivity contribution >= 4 is 41.1 Å². The van der Waals surface area contributed by atoms with Crippen LogP contribution in [0.15, 0.2) is 48.5 Å². The van der Waals surface area contributed by atoms with Crippen molar-refractivity contribution in [1.29, 1.82) is 0 Å². The van der Waals surface area contributed by atoms with Gasteiger partial charge in [0.1, 0.15) is 11.5 Å². The van der Waals surface area contributed by atoms with Gasteiger partial charge >= 0.3 is 5.69 Å². The second-order valence-corrected chi connectivity index (χ2v) is 10.6. The average Bonchev–Trinajstić information content (AvgIpc) is 2.47. The Kier molecular flexibility index (Phi) is 5.84. The third kappa shape index (κ3) is 5.34. The summed E-state index contributed by atoms with van der Waals surface area (Å²) in [6.45, 7) is 0. The van der Waals surface area contributed by atoms with Crippen molar-refractivity contribution in [1.82, 2.24) is 0 Å². The zero-order valence-corrected chi connectivity index (χ0v) is 16.2. The van der Waals surface area contributed by atoms with Gasteiger partial charge in [0.25, 0.3) is 0 Å². The van der Waals surface area contributed by atoms with Gasteiger partial charge in [-0.2, -0.15) is 0 Å². The van der Waals surface area contributed by atoms with Gasteiger partial charge in [-0.25, -0.2) is 0 Å². The first-order chi connectivity index (χ1) is 10.8. The Labute approximate surface area is 148 Å². The summed E-state index contributed by atoms with van der Waals surface area (Å²) in [5, 5.41) is 0. The zero-order valence-electron chi connectivity index (χ0n) is 13.6. The Hall–Kier alpha value is -1.36. The normalized spacial score (nSPS) is 11.0. The maximum absolute atomic E-state index is 5.76. The summed E-state index contributed by atoms with van der Waals surface area (Å²) in [5.41, 5.74) is -0.537. The molecule has 0 fully saturated rings. The van der Waals surface area contributed by atoms with Gasteiger partial charge in [-0.05, 0) is 60.3 Å². The van der Waals surface area contributed by atoms with E-state index in [1.165, 1.54) is 0 Å². The van der Waals surface area contributed by atoms with Gasteiger partial charge in [-0.1, -0.05) is 12.2 Å². The van der Waals surface area contributed by atoms with E-state index in [9.17, 15) is 0 Å². The molecule has 0 saturated carbocycles. The lowest BCUT2D eigenvalue weighted by molar-refractivity contribution is 0.507. The van der Waals surface area contributed by atoms with E-state index in [1.54, 1.807) is 0 Å². The fraction of sp³-hybridized carbons (Fsp3) is 0.250. The summed E-state index contributed by atoms with van der Waals surface area (Å²) in [7, 11) is 7.94. The predicted octanol–water partition coefficient (Wildman–Crippen LogP) is 4.43. The van der Waals surface area contributed by atoms with Gasteiger partial charge in [-0.3, -0.25) is 0 Å². The van der Waals surface area contributed by atoms with Crippen LogP contribution in [0.4, 0.5) is 11.4 Å². The first kappa shape index (κ1) is 18.0. The highest BCUT2D eigenvalue weighted by Gasteiger charge is 2.17. The molecule has 2 rings (SSSR count). The van der Waals surface area contributed by atoms with Crippen molar-refractivity contribution in [2.45, 2.75) is 0 Å². The molecule has 0 atom stereocenters. The lowest BCUT2D eigenvalue weighted by atomic mass is 10.3. The van der Waals surface area contributed by atoms with E-state index >= 15 is 0 Å². The third-order valence-corrected chi connectivity index (χ3v) is 4.97. The van der Waals surface area contributed by atoms with Crippen molar-refractivity contribution in [3.63, 3.8) is 0 Å². The van der Waals surface area contributed by atoms with E-state index < -0.39 is 5.69 Å². The molecule has 0 saturated heterocycles. The summed E-state index contributed by atoms with van der Waals surface area (Å²) < 4.78 is 11.5.